The normalized spacial score (nSPS) is 17.9. The molecule has 1 aliphatic heterocycles. The van der Waals surface area contributed by atoms with Gasteiger partial charge >= 0.3 is 0 Å². The zero-order valence-corrected chi connectivity index (χ0v) is 12.7. The maximum Gasteiger partial charge on any atom is 0.254 e. The highest BCUT2D eigenvalue weighted by atomic mass is 16.5. The number of pyridine rings is 1. The first-order valence-electron chi connectivity index (χ1n) is 7.07. The van der Waals surface area contributed by atoms with E-state index in [2.05, 4.69) is 10.3 Å². The van der Waals surface area contributed by atoms with Crippen LogP contribution in [0.25, 0.3) is 0 Å². The van der Waals surface area contributed by atoms with Crippen LogP contribution in [0, 0.1) is 6.92 Å². The third kappa shape index (κ3) is 3.48. The lowest BCUT2D eigenvalue weighted by Gasteiger charge is -2.38. The van der Waals surface area contributed by atoms with Gasteiger partial charge in [-0.25, -0.2) is 4.98 Å². The van der Waals surface area contributed by atoms with E-state index in [0.717, 1.165) is 18.1 Å². The lowest BCUT2D eigenvalue weighted by atomic mass is 10.1. The Kier molecular flexibility index (Phi) is 4.28. The molecule has 5 heteroatoms. The molecule has 5 nitrogen and oxygen atoms in total. The van der Waals surface area contributed by atoms with Crippen LogP contribution in [0.2, 0.25) is 0 Å². The molecule has 2 rings (SSSR count). The number of amides is 1. The van der Waals surface area contributed by atoms with Crippen LogP contribution in [0.5, 0.6) is 0 Å². The van der Waals surface area contributed by atoms with Crippen molar-refractivity contribution in [2.45, 2.75) is 33.3 Å². The summed E-state index contributed by atoms with van der Waals surface area (Å²) in [4.78, 5) is 18.8. The number of ether oxygens (including phenoxy) is 1. The summed E-state index contributed by atoms with van der Waals surface area (Å²) in [6.07, 6.45) is 0. The van der Waals surface area contributed by atoms with Crippen LogP contribution in [0.15, 0.2) is 12.1 Å². The van der Waals surface area contributed by atoms with Crippen molar-refractivity contribution in [1.82, 2.24) is 9.88 Å². The van der Waals surface area contributed by atoms with Crippen LogP contribution in [-0.4, -0.2) is 47.6 Å². The second-order valence-electron chi connectivity index (χ2n) is 5.75. The van der Waals surface area contributed by atoms with E-state index in [-0.39, 0.29) is 11.5 Å². The van der Waals surface area contributed by atoms with Crippen LogP contribution in [0.3, 0.4) is 0 Å². The Labute approximate surface area is 120 Å². The molecule has 1 saturated heterocycles. The van der Waals surface area contributed by atoms with Crippen molar-refractivity contribution in [3.05, 3.63) is 23.4 Å². The molecule has 0 spiro atoms. The van der Waals surface area contributed by atoms with E-state index in [1.165, 1.54) is 0 Å². The summed E-state index contributed by atoms with van der Waals surface area (Å²) >= 11 is 0. The molecule has 1 aromatic heterocycles. The van der Waals surface area contributed by atoms with Crippen LogP contribution in [0.4, 0.5) is 5.82 Å². The molecule has 1 N–H and O–H groups in total. The van der Waals surface area contributed by atoms with Gasteiger partial charge in [-0.2, -0.15) is 0 Å². The topological polar surface area (TPSA) is 54.5 Å². The van der Waals surface area contributed by atoms with E-state index in [9.17, 15) is 4.79 Å². The highest BCUT2D eigenvalue weighted by Crippen LogP contribution is 2.19. The molecule has 20 heavy (non-hydrogen) atoms. The van der Waals surface area contributed by atoms with Gasteiger partial charge in [-0.1, -0.05) is 0 Å². The Hall–Kier alpha value is -1.62. The molecule has 0 saturated carbocycles. The van der Waals surface area contributed by atoms with Crippen molar-refractivity contribution >= 4 is 11.7 Å². The zero-order chi connectivity index (χ0) is 14.8. The van der Waals surface area contributed by atoms with Gasteiger partial charge in [0.25, 0.3) is 5.91 Å². The SMILES string of the molecule is CCNc1cc(C(=O)N2CCOC(C)(C)C2)cc(C)n1. The molecule has 0 aromatic carbocycles. The fourth-order valence-corrected chi connectivity index (χ4v) is 2.44. The molecule has 2 heterocycles. The van der Waals surface area contributed by atoms with Crippen molar-refractivity contribution in [2.75, 3.05) is 31.6 Å². The quantitative estimate of drug-likeness (QED) is 0.919. The Morgan fingerprint density at radius 3 is 2.90 bits per heavy atom. The molecule has 0 unspecified atom stereocenters. The van der Waals surface area contributed by atoms with Crippen molar-refractivity contribution in [3.8, 4) is 0 Å². The number of rotatable bonds is 3. The molecule has 0 atom stereocenters. The zero-order valence-electron chi connectivity index (χ0n) is 12.7. The molecular formula is C15H23N3O2. The Morgan fingerprint density at radius 2 is 2.25 bits per heavy atom. The number of hydrogen-bond acceptors (Lipinski definition) is 4. The number of carbonyl (C=O) groups is 1. The van der Waals surface area contributed by atoms with Crippen molar-refractivity contribution in [3.63, 3.8) is 0 Å². The molecule has 0 bridgehead atoms. The molecule has 1 amide bonds. The summed E-state index contributed by atoms with van der Waals surface area (Å²) < 4.78 is 5.65. The standard InChI is InChI=1S/C15H23N3O2/c1-5-16-13-9-12(8-11(2)17-13)14(19)18-6-7-20-15(3,4)10-18/h8-9H,5-7,10H2,1-4H3,(H,16,17). The van der Waals surface area contributed by atoms with Gasteiger partial charge < -0.3 is 15.0 Å². The van der Waals surface area contributed by atoms with Gasteiger partial charge in [0.05, 0.1) is 12.2 Å². The van der Waals surface area contributed by atoms with E-state index >= 15 is 0 Å². The van der Waals surface area contributed by atoms with E-state index in [1.807, 2.05) is 44.7 Å². The molecule has 1 fully saturated rings. The summed E-state index contributed by atoms with van der Waals surface area (Å²) in [6, 6.07) is 3.66. The summed E-state index contributed by atoms with van der Waals surface area (Å²) in [5.41, 5.74) is 1.26. The summed E-state index contributed by atoms with van der Waals surface area (Å²) in [5.74, 6) is 0.800. The van der Waals surface area contributed by atoms with Gasteiger partial charge in [0.15, 0.2) is 0 Å². The van der Waals surface area contributed by atoms with Crippen LogP contribution in [0.1, 0.15) is 36.8 Å². The third-order valence-corrected chi connectivity index (χ3v) is 3.27. The summed E-state index contributed by atoms with van der Waals surface area (Å²) in [6.45, 7) is 10.6. The van der Waals surface area contributed by atoms with Gasteiger partial charge in [0, 0.05) is 30.9 Å². The van der Waals surface area contributed by atoms with E-state index < -0.39 is 0 Å². The number of morpholine rings is 1. The lowest BCUT2D eigenvalue weighted by Crippen LogP contribution is -2.50. The lowest BCUT2D eigenvalue weighted by molar-refractivity contribution is -0.0764. The highest BCUT2D eigenvalue weighted by molar-refractivity contribution is 5.95. The highest BCUT2D eigenvalue weighted by Gasteiger charge is 2.30. The predicted octanol–water partition coefficient (Wildman–Crippen LogP) is 2.07. The van der Waals surface area contributed by atoms with Gasteiger partial charge in [-0.05, 0) is 39.8 Å². The number of anilines is 1. The van der Waals surface area contributed by atoms with Gasteiger partial charge in [-0.15, -0.1) is 0 Å². The second kappa shape index (κ2) is 5.79. The number of aromatic nitrogens is 1. The van der Waals surface area contributed by atoms with E-state index in [0.29, 0.717) is 25.3 Å². The minimum atomic E-state index is -0.277. The molecule has 0 aliphatic carbocycles. The van der Waals surface area contributed by atoms with Crippen LogP contribution >= 0.6 is 0 Å². The molecular weight excluding hydrogens is 254 g/mol. The van der Waals surface area contributed by atoms with Crippen molar-refractivity contribution < 1.29 is 9.53 Å². The summed E-state index contributed by atoms with van der Waals surface area (Å²) in [5, 5.41) is 3.16. The number of carbonyl (C=O) groups excluding carboxylic acids is 1. The Morgan fingerprint density at radius 1 is 1.50 bits per heavy atom. The Bertz CT molecular complexity index is 500. The van der Waals surface area contributed by atoms with Crippen LogP contribution < -0.4 is 5.32 Å². The average Bonchev–Trinajstić information content (AvgIpc) is 2.36. The maximum atomic E-state index is 12.6. The van der Waals surface area contributed by atoms with Gasteiger partial charge in [-0.3, -0.25) is 4.79 Å². The number of aryl methyl sites for hydroxylation is 1. The van der Waals surface area contributed by atoms with Gasteiger partial charge in [0.2, 0.25) is 0 Å². The largest absolute Gasteiger partial charge is 0.372 e. The Balaban J connectivity index is 2.20. The van der Waals surface area contributed by atoms with E-state index in [1.54, 1.807) is 0 Å². The fourth-order valence-electron chi connectivity index (χ4n) is 2.44. The first-order chi connectivity index (χ1) is 9.41. The predicted molar refractivity (Wildman–Crippen MR) is 79.1 cm³/mol. The molecule has 1 aromatic rings. The number of hydrogen-bond donors (Lipinski definition) is 1. The monoisotopic (exact) mass is 277 g/mol. The molecule has 1 aliphatic rings. The maximum absolute atomic E-state index is 12.6. The fraction of sp³-hybridized carbons (Fsp3) is 0.600. The number of nitrogens with zero attached hydrogens (tertiary/aromatic N) is 2. The van der Waals surface area contributed by atoms with Gasteiger partial charge in [0.1, 0.15) is 5.82 Å². The van der Waals surface area contributed by atoms with Crippen molar-refractivity contribution in [2.24, 2.45) is 0 Å². The van der Waals surface area contributed by atoms with E-state index in [4.69, 9.17) is 4.74 Å². The second-order valence-corrected chi connectivity index (χ2v) is 5.75. The third-order valence-electron chi connectivity index (χ3n) is 3.27. The molecule has 0 radical (unpaired) electrons. The van der Waals surface area contributed by atoms with Crippen LogP contribution in [-0.2, 0) is 4.74 Å². The van der Waals surface area contributed by atoms with Crippen molar-refractivity contribution in [1.29, 1.82) is 0 Å². The first kappa shape index (κ1) is 14.8. The average molecular weight is 277 g/mol. The minimum absolute atomic E-state index is 0.0472. The molecule has 110 valence electrons. The smallest absolute Gasteiger partial charge is 0.254 e. The number of nitrogens with one attached hydrogen (secondary N) is 1. The minimum Gasteiger partial charge on any atom is -0.372 e. The summed E-state index contributed by atoms with van der Waals surface area (Å²) in [7, 11) is 0. The first-order valence-corrected chi connectivity index (χ1v) is 7.07.